The molecule has 0 aromatic rings. The SMILES string of the molecule is FC1=C(F)C2(F)CC1C(C(F)(F)F)C2. The molecule has 0 saturated heterocycles. The van der Waals surface area contributed by atoms with Crippen LogP contribution in [-0.4, -0.2) is 11.8 Å². The van der Waals surface area contributed by atoms with Crippen molar-refractivity contribution in [2.45, 2.75) is 24.7 Å². The van der Waals surface area contributed by atoms with E-state index in [1.807, 2.05) is 0 Å². The number of allylic oxidation sites excluding steroid dienone is 2. The second-order valence-corrected chi connectivity index (χ2v) is 3.79. The van der Waals surface area contributed by atoms with Crippen LogP contribution >= 0.6 is 0 Å². The maximum Gasteiger partial charge on any atom is 0.392 e. The van der Waals surface area contributed by atoms with Gasteiger partial charge in [0, 0.05) is 12.3 Å². The van der Waals surface area contributed by atoms with E-state index in [-0.39, 0.29) is 0 Å². The van der Waals surface area contributed by atoms with Crippen molar-refractivity contribution in [3.05, 3.63) is 11.7 Å². The molecule has 1 saturated carbocycles. The highest BCUT2D eigenvalue weighted by Gasteiger charge is 2.65. The van der Waals surface area contributed by atoms with Crippen molar-refractivity contribution < 1.29 is 26.3 Å². The number of fused-ring (bicyclic) bond motifs is 2. The van der Waals surface area contributed by atoms with Crippen molar-refractivity contribution in [2.75, 3.05) is 0 Å². The Morgan fingerprint density at radius 2 is 1.71 bits per heavy atom. The van der Waals surface area contributed by atoms with E-state index in [1.54, 1.807) is 0 Å². The summed E-state index contributed by atoms with van der Waals surface area (Å²) in [6.07, 6.45) is -6.36. The zero-order valence-corrected chi connectivity index (χ0v) is 6.84. The summed E-state index contributed by atoms with van der Waals surface area (Å²) < 4.78 is 75.5. The summed E-state index contributed by atoms with van der Waals surface area (Å²) in [4.78, 5) is 0. The van der Waals surface area contributed by atoms with Gasteiger partial charge in [0.1, 0.15) is 5.83 Å². The van der Waals surface area contributed by atoms with E-state index in [9.17, 15) is 26.3 Å². The fraction of sp³-hybridized carbons (Fsp3) is 0.750. The van der Waals surface area contributed by atoms with Crippen LogP contribution in [0.2, 0.25) is 0 Å². The summed E-state index contributed by atoms with van der Waals surface area (Å²) in [5, 5.41) is 0. The number of hydrogen-bond acceptors (Lipinski definition) is 0. The number of rotatable bonds is 0. The maximum atomic E-state index is 13.3. The molecular weight excluding hydrogens is 210 g/mol. The molecule has 14 heavy (non-hydrogen) atoms. The number of halogens is 6. The Kier molecular flexibility index (Phi) is 1.73. The minimum Gasteiger partial charge on any atom is -0.236 e. The Morgan fingerprint density at radius 1 is 1.14 bits per heavy atom. The molecule has 0 aliphatic heterocycles. The molecule has 2 bridgehead atoms. The first-order valence-corrected chi connectivity index (χ1v) is 4.07. The van der Waals surface area contributed by atoms with Gasteiger partial charge in [-0.1, -0.05) is 0 Å². The fourth-order valence-corrected chi connectivity index (χ4v) is 2.23. The summed E-state index contributed by atoms with van der Waals surface area (Å²) in [7, 11) is 0. The molecule has 0 N–H and O–H groups in total. The average molecular weight is 216 g/mol. The molecule has 0 aromatic carbocycles. The summed E-state index contributed by atoms with van der Waals surface area (Å²) >= 11 is 0. The monoisotopic (exact) mass is 216 g/mol. The lowest BCUT2D eigenvalue weighted by Crippen LogP contribution is -2.31. The topological polar surface area (TPSA) is 0 Å². The minimum absolute atomic E-state index is 0.713. The van der Waals surface area contributed by atoms with E-state index in [1.165, 1.54) is 0 Å². The maximum absolute atomic E-state index is 13.3. The van der Waals surface area contributed by atoms with Gasteiger partial charge in [0.15, 0.2) is 11.5 Å². The lowest BCUT2D eigenvalue weighted by atomic mass is 9.91. The molecule has 2 aliphatic rings. The van der Waals surface area contributed by atoms with Crippen LogP contribution in [0.1, 0.15) is 12.8 Å². The summed E-state index contributed by atoms with van der Waals surface area (Å²) in [5.41, 5.74) is -2.71. The van der Waals surface area contributed by atoms with Crippen LogP contribution in [0.3, 0.4) is 0 Å². The van der Waals surface area contributed by atoms with Crippen molar-refractivity contribution >= 4 is 0 Å². The van der Waals surface area contributed by atoms with Crippen LogP contribution in [0.5, 0.6) is 0 Å². The van der Waals surface area contributed by atoms with Gasteiger partial charge in [-0.15, -0.1) is 0 Å². The third-order valence-electron chi connectivity index (χ3n) is 2.92. The molecule has 3 atom stereocenters. The zero-order chi connectivity index (χ0) is 10.7. The first-order valence-electron chi connectivity index (χ1n) is 4.07. The quantitative estimate of drug-likeness (QED) is 0.544. The Bertz CT molecular complexity index is 303. The molecule has 3 unspecified atom stereocenters. The van der Waals surface area contributed by atoms with Crippen molar-refractivity contribution in [1.29, 1.82) is 0 Å². The number of alkyl halides is 4. The fourth-order valence-electron chi connectivity index (χ4n) is 2.23. The van der Waals surface area contributed by atoms with Crippen LogP contribution in [0, 0.1) is 11.8 Å². The van der Waals surface area contributed by atoms with Crippen LogP contribution in [0.25, 0.3) is 0 Å². The van der Waals surface area contributed by atoms with E-state index in [4.69, 9.17) is 0 Å². The molecule has 6 heteroatoms. The number of hydrogen-bond donors (Lipinski definition) is 0. The van der Waals surface area contributed by atoms with E-state index in [0.29, 0.717) is 0 Å². The van der Waals surface area contributed by atoms with Crippen molar-refractivity contribution in [2.24, 2.45) is 11.8 Å². The Hall–Kier alpha value is -0.680. The van der Waals surface area contributed by atoms with Gasteiger partial charge in [-0.2, -0.15) is 13.2 Å². The van der Waals surface area contributed by atoms with E-state index in [2.05, 4.69) is 0 Å². The van der Waals surface area contributed by atoms with Crippen LogP contribution in [0.4, 0.5) is 26.3 Å². The second-order valence-electron chi connectivity index (χ2n) is 3.79. The van der Waals surface area contributed by atoms with Gasteiger partial charge in [-0.05, 0) is 6.42 Å². The van der Waals surface area contributed by atoms with Crippen LogP contribution < -0.4 is 0 Å². The van der Waals surface area contributed by atoms with Crippen molar-refractivity contribution in [3.8, 4) is 0 Å². The first kappa shape index (κ1) is 9.86. The highest BCUT2D eigenvalue weighted by atomic mass is 19.4. The largest absolute Gasteiger partial charge is 0.392 e. The van der Waals surface area contributed by atoms with Crippen molar-refractivity contribution in [3.63, 3.8) is 0 Å². The van der Waals surface area contributed by atoms with Gasteiger partial charge in [0.2, 0.25) is 0 Å². The molecule has 0 radical (unpaired) electrons. The predicted molar refractivity (Wildman–Crippen MR) is 35.4 cm³/mol. The molecule has 0 heterocycles. The smallest absolute Gasteiger partial charge is 0.236 e. The highest BCUT2D eigenvalue weighted by Crippen LogP contribution is 2.61. The molecule has 0 amide bonds. The predicted octanol–water partition coefficient (Wildman–Crippen LogP) is 3.45. The van der Waals surface area contributed by atoms with Crippen LogP contribution in [-0.2, 0) is 0 Å². The second kappa shape index (κ2) is 2.46. The molecule has 0 spiro atoms. The Morgan fingerprint density at radius 3 is 2.07 bits per heavy atom. The van der Waals surface area contributed by atoms with Crippen LogP contribution in [0.15, 0.2) is 11.7 Å². The van der Waals surface area contributed by atoms with Gasteiger partial charge in [-0.3, -0.25) is 0 Å². The minimum atomic E-state index is -4.66. The van der Waals surface area contributed by atoms with E-state index in [0.717, 1.165) is 0 Å². The van der Waals surface area contributed by atoms with Gasteiger partial charge >= 0.3 is 6.18 Å². The van der Waals surface area contributed by atoms with Gasteiger partial charge in [0.05, 0.1) is 5.92 Å². The normalized spacial score (nSPS) is 42.4. The van der Waals surface area contributed by atoms with Gasteiger partial charge in [-0.25, -0.2) is 13.2 Å². The summed E-state index contributed by atoms with van der Waals surface area (Å²) in [6, 6.07) is 0. The van der Waals surface area contributed by atoms with Crippen molar-refractivity contribution in [1.82, 2.24) is 0 Å². The third-order valence-corrected chi connectivity index (χ3v) is 2.92. The van der Waals surface area contributed by atoms with E-state index < -0.39 is 48.2 Å². The Labute approximate surface area is 75.6 Å². The molecule has 2 rings (SSSR count). The molecule has 0 nitrogen and oxygen atoms in total. The summed E-state index contributed by atoms with van der Waals surface area (Å²) in [5.74, 6) is -6.92. The first-order chi connectivity index (χ1) is 6.26. The lowest BCUT2D eigenvalue weighted by Gasteiger charge is -2.24. The molecular formula is C8H6F6. The third kappa shape index (κ3) is 1.09. The zero-order valence-electron chi connectivity index (χ0n) is 6.84. The average Bonchev–Trinajstić information content (AvgIpc) is 2.48. The Balaban J connectivity index is 2.35. The van der Waals surface area contributed by atoms with E-state index >= 15 is 0 Å². The standard InChI is InChI=1S/C8H6F6/c9-5-3-1-7(11,6(5)10)2-4(3)8(12,13)14/h3-4H,1-2H2. The van der Waals surface area contributed by atoms with Gasteiger partial charge < -0.3 is 0 Å². The lowest BCUT2D eigenvalue weighted by molar-refractivity contribution is -0.185. The molecule has 2 aliphatic carbocycles. The highest BCUT2D eigenvalue weighted by molar-refractivity contribution is 5.30. The molecule has 80 valence electrons. The molecule has 0 aromatic heterocycles. The molecule has 1 fully saturated rings. The summed E-state index contributed by atoms with van der Waals surface area (Å²) in [6.45, 7) is 0. The van der Waals surface area contributed by atoms with Gasteiger partial charge in [0.25, 0.3) is 0 Å².